The van der Waals surface area contributed by atoms with Crippen molar-refractivity contribution in [3.05, 3.63) is 47.3 Å². The lowest BCUT2D eigenvalue weighted by Crippen LogP contribution is -2.44. The van der Waals surface area contributed by atoms with Gasteiger partial charge in [0, 0.05) is 6.42 Å². The van der Waals surface area contributed by atoms with E-state index in [2.05, 4.69) is 9.68 Å². The van der Waals surface area contributed by atoms with Gasteiger partial charge in [-0.15, -0.1) is 0 Å². The molecule has 6 nitrogen and oxygen atoms in total. The van der Waals surface area contributed by atoms with Crippen molar-refractivity contribution >= 4 is 15.9 Å². The summed E-state index contributed by atoms with van der Waals surface area (Å²) in [7, 11) is -4.49. The number of rotatable bonds is 5. The summed E-state index contributed by atoms with van der Waals surface area (Å²) in [4.78, 5) is 11.3. The minimum atomic E-state index is -4.49. The van der Waals surface area contributed by atoms with E-state index < -0.39 is 33.2 Å². The highest BCUT2D eigenvalue weighted by Crippen LogP contribution is 2.23. The average Bonchev–Trinajstić information content (AvgIpc) is 2.79. The topological polar surface area (TPSA) is 89.3 Å². The second-order valence-electron chi connectivity index (χ2n) is 4.95. The standard InChI is InChI=1S/C14H14F2N2O4S/c1-9-12(10(2)22-17-9)23(20,21)18-13(19)14(15,16)8-11-6-4-3-5-7-11/h3-7H,8H2,1-2H3,(H,18,19). The number of alkyl halides is 2. The molecule has 0 aliphatic heterocycles. The average molecular weight is 344 g/mol. The van der Waals surface area contributed by atoms with Crippen molar-refractivity contribution in [2.45, 2.75) is 31.1 Å². The first-order valence-electron chi connectivity index (χ1n) is 6.55. The normalized spacial score (nSPS) is 12.2. The van der Waals surface area contributed by atoms with Crippen LogP contribution in [0.1, 0.15) is 17.0 Å². The van der Waals surface area contributed by atoms with Crippen LogP contribution in [-0.2, 0) is 21.2 Å². The summed E-state index contributed by atoms with van der Waals surface area (Å²) in [5.74, 6) is -5.87. The fourth-order valence-corrected chi connectivity index (χ4v) is 3.38. The van der Waals surface area contributed by atoms with E-state index in [1.165, 1.54) is 30.7 Å². The maximum atomic E-state index is 14.0. The van der Waals surface area contributed by atoms with Gasteiger partial charge >= 0.3 is 11.8 Å². The molecule has 0 aliphatic carbocycles. The lowest BCUT2D eigenvalue weighted by molar-refractivity contribution is -0.143. The third kappa shape index (κ3) is 3.73. The highest BCUT2D eigenvalue weighted by atomic mass is 32.2. The van der Waals surface area contributed by atoms with Gasteiger partial charge in [0.25, 0.3) is 10.0 Å². The molecule has 124 valence electrons. The molecule has 2 rings (SSSR count). The lowest BCUT2D eigenvalue weighted by atomic mass is 10.1. The van der Waals surface area contributed by atoms with Crippen molar-refractivity contribution in [1.82, 2.24) is 9.88 Å². The number of carbonyl (C=O) groups is 1. The highest BCUT2D eigenvalue weighted by molar-refractivity contribution is 7.90. The summed E-state index contributed by atoms with van der Waals surface area (Å²) in [5, 5.41) is 3.43. The summed E-state index contributed by atoms with van der Waals surface area (Å²) >= 11 is 0. The van der Waals surface area contributed by atoms with Gasteiger partial charge in [-0.2, -0.15) is 8.78 Å². The molecular formula is C14H14F2N2O4S. The fourth-order valence-electron chi connectivity index (χ4n) is 2.04. The molecule has 0 atom stereocenters. The van der Waals surface area contributed by atoms with Crippen LogP contribution in [0, 0.1) is 13.8 Å². The van der Waals surface area contributed by atoms with Gasteiger partial charge in [-0.3, -0.25) is 4.79 Å². The molecule has 2 aromatic rings. The van der Waals surface area contributed by atoms with Crippen LogP contribution in [0.4, 0.5) is 8.78 Å². The first-order chi connectivity index (χ1) is 10.6. The minimum absolute atomic E-state index is 0.0193. The van der Waals surface area contributed by atoms with Crippen molar-refractivity contribution in [2.24, 2.45) is 0 Å². The van der Waals surface area contributed by atoms with E-state index in [0.717, 1.165) is 0 Å². The molecular weight excluding hydrogens is 330 g/mol. The zero-order valence-electron chi connectivity index (χ0n) is 12.3. The number of aryl methyl sites for hydroxylation is 2. The van der Waals surface area contributed by atoms with E-state index >= 15 is 0 Å². The van der Waals surface area contributed by atoms with Gasteiger partial charge in [0.1, 0.15) is 5.69 Å². The van der Waals surface area contributed by atoms with Gasteiger partial charge in [-0.1, -0.05) is 35.5 Å². The van der Waals surface area contributed by atoms with E-state index in [1.807, 2.05) is 0 Å². The van der Waals surface area contributed by atoms with Gasteiger partial charge in [-0.25, -0.2) is 13.1 Å². The Morgan fingerprint density at radius 3 is 2.39 bits per heavy atom. The molecule has 0 fully saturated rings. The monoisotopic (exact) mass is 344 g/mol. The molecule has 0 spiro atoms. The second kappa shape index (κ2) is 6.07. The Balaban J connectivity index is 2.20. The molecule has 1 heterocycles. The molecule has 9 heteroatoms. The van der Waals surface area contributed by atoms with Crippen LogP contribution in [0.3, 0.4) is 0 Å². The van der Waals surface area contributed by atoms with Crippen LogP contribution in [0.2, 0.25) is 0 Å². The van der Waals surface area contributed by atoms with Gasteiger partial charge in [-0.05, 0) is 19.4 Å². The number of hydrogen-bond acceptors (Lipinski definition) is 5. The predicted molar refractivity (Wildman–Crippen MR) is 76.4 cm³/mol. The Labute approximate surface area is 131 Å². The van der Waals surface area contributed by atoms with Crippen molar-refractivity contribution in [3.63, 3.8) is 0 Å². The summed E-state index contributed by atoms with van der Waals surface area (Å²) in [6.45, 7) is 2.64. The number of hydrogen-bond donors (Lipinski definition) is 1. The van der Waals surface area contributed by atoms with Gasteiger partial charge in [0.2, 0.25) is 0 Å². The Morgan fingerprint density at radius 1 is 1.26 bits per heavy atom. The van der Waals surface area contributed by atoms with E-state index in [1.54, 1.807) is 18.2 Å². The molecule has 1 aromatic heterocycles. The first-order valence-corrected chi connectivity index (χ1v) is 8.03. The number of benzene rings is 1. The molecule has 1 aromatic carbocycles. The van der Waals surface area contributed by atoms with Gasteiger partial charge < -0.3 is 4.52 Å². The Bertz CT molecular complexity index is 797. The molecule has 0 aliphatic rings. The summed E-state index contributed by atoms with van der Waals surface area (Å²) < 4.78 is 58.1. The summed E-state index contributed by atoms with van der Waals surface area (Å²) in [6.07, 6.45) is -0.906. The number of sulfonamides is 1. The minimum Gasteiger partial charge on any atom is -0.360 e. The first kappa shape index (κ1) is 17.1. The SMILES string of the molecule is Cc1noc(C)c1S(=O)(=O)NC(=O)C(F)(F)Cc1ccccc1. The summed E-state index contributed by atoms with van der Waals surface area (Å²) in [5.41, 5.74) is 0.191. The van der Waals surface area contributed by atoms with Crippen molar-refractivity contribution in [2.75, 3.05) is 0 Å². The molecule has 1 amide bonds. The van der Waals surface area contributed by atoms with Crippen LogP contribution >= 0.6 is 0 Å². The lowest BCUT2D eigenvalue weighted by Gasteiger charge is -2.16. The largest absolute Gasteiger partial charge is 0.360 e. The zero-order valence-corrected chi connectivity index (χ0v) is 13.2. The fraction of sp³-hybridized carbons (Fsp3) is 0.286. The number of nitrogens with one attached hydrogen (secondary N) is 1. The molecule has 0 saturated heterocycles. The van der Waals surface area contributed by atoms with Gasteiger partial charge in [0.15, 0.2) is 10.7 Å². The van der Waals surface area contributed by atoms with Crippen LogP contribution in [-0.4, -0.2) is 25.4 Å². The van der Waals surface area contributed by atoms with Crippen LogP contribution in [0.25, 0.3) is 0 Å². The Hall–Kier alpha value is -2.29. The molecule has 23 heavy (non-hydrogen) atoms. The number of aromatic nitrogens is 1. The smallest absolute Gasteiger partial charge is 0.329 e. The molecule has 0 radical (unpaired) electrons. The van der Waals surface area contributed by atoms with Crippen molar-refractivity contribution in [3.8, 4) is 0 Å². The Morgan fingerprint density at radius 2 is 1.87 bits per heavy atom. The predicted octanol–water partition coefficient (Wildman–Crippen LogP) is 1.97. The molecule has 0 bridgehead atoms. The second-order valence-corrected chi connectivity index (χ2v) is 6.57. The maximum Gasteiger partial charge on any atom is 0.329 e. The third-order valence-corrected chi connectivity index (χ3v) is 4.64. The van der Waals surface area contributed by atoms with E-state index in [9.17, 15) is 22.0 Å². The van der Waals surface area contributed by atoms with Crippen molar-refractivity contribution in [1.29, 1.82) is 0 Å². The molecule has 1 N–H and O–H groups in total. The van der Waals surface area contributed by atoms with Gasteiger partial charge in [0.05, 0.1) is 0 Å². The number of nitrogens with zero attached hydrogens (tertiary/aromatic N) is 1. The number of halogens is 2. The van der Waals surface area contributed by atoms with Crippen LogP contribution in [0.5, 0.6) is 0 Å². The third-order valence-electron chi connectivity index (χ3n) is 3.06. The molecule has 0 unspecified atom stereocenters. The molecule has 0 saturated carbocycles. The quantitative estimate of drug-likeness (QED) is 0.896. The number of amides is 1. The zero-order chi connectivity index (χ0) is 17.3. The van der Waals surface area contributed by atoms with Crippen molar-refractivity contribution < 1.29 is 26.5 Å². The maximum absolute atomic E-state index is 14.0. The van der Waals surface area contributed by atoms with E-state index in [-0.39, 0.29) is 17.0 Å². The van der Waals surface area contributed by atoms with Crippen LogP contribution in [0.15, 0.2) is 39.8 Å². The summed E-state index contributed by atoms with van der Waals surface area (Å²) in [6, 6.07) is 7.57. The van der Waals surface area contributed by atoms with E-state index in [0.29, 0.717) is 0 Å². The van der Waals surface area contributed by atoms with Crippen LogP contribution < -0.4 is 4.72 Å². The van der Waals surface area contributed by atoms with E-state index in [4.69, 9.17) is 0 Å². The number of carbonyl (C=O) groups excluding carboxylic acids is 1. The Kier molecular flexibility index (Phi) is 4.51. The highest BCUT2D eigenvalue weighted by Gasteiger charge is 2.42.